The van der Waals surface area contributed by atoms with Crippen LogP contribution in [0.3, 0.4) is 0 Å². The van der Waals surface area contributed by atoms with Gasteiger partial charge in [-0.3, -0.25) is 19.4 Å². The number of anilines is 1. The number of aliphatic carboxylic acids is 1. The van der Waals surface area contributed by atoms with Crippen LogP contribution in [0.2, 0.25) is 0 Å². The summed E-state index contributed by atoms with van der Waals surface area (Å²) in [5, 5.41) is 9.52. The molecule has 0 unspecified atom stereocenters. The van der Waals surface area contributed by atoms with Crippen molar-refractivity contribution in [1.82, 2.24) is 24.8 Å². The van der Waals surface area contributed by atoms with Crippen molar-refractivity contribution in [2.24, 2.45) is 0 Å². The molecule has 1 N–H and O–H groups in total. The molecule has 5 rings (SSSR count). The van der Waals surface area contributed by atoms with E-state index in [-0.39, 0.29) is 24.4 Å². The molecule has 2 fully saturated rings. The quantitative estimate of drug-likeness (QED) is 0.318. The number of rotatable bonds is 10. The number of ketones is 1. The fourth-order valence-electron chi connectivity index (χ4n) is 5.83. The Morgan fingerprint density at radius 1 is 1.07 bits per heavy atom. The molecule has 1 aromatic carbocycles. The predicted octanol–water partition coefficient (Wildman–Crippen LogP) is 4.93. The van der Waals surface area contributed by atoms with Gasteiger partial charge in [-0.15, -0.1) is 11.3 Å². The highest BCUT2D eigenvalue weighted by atomic mass is 32.1. The first-order chi connectivity index (χ1) is 20.5. The van der Waals surface area contributed by atoms with Gasteiger partial charge in [-0.1, -0.05) is 6.92 Å². The van der Waals surface area contributed by atoms with Gasteiger partial charge in [0.05, 0.1) is 36.6 Å². The molecule has 4 heterocycles. The summed E-state index contributed by atoms with van der Waals surface area (Å²) in [5.41, 5.74) is 0.856. The van der Waals surface area contributed by atoms with Gasteiger partial charge in [0.25, 0.3) is 0 Å². The van der Waals surface area contributed by atoms with Crippen molar-refractivity contribution in [2.45, 2.75) is 58.3 Å². The number of aromatic nitrogens is 3. The Kier molecular flexibility index (Phi) is 9.42. The number of benzene rings is 1. The molecule has 0 amide bonds. The summed E-state index contributed by atoms with van der Waals surface area (Å²) in [6.07, 6.45) is 1.63. The van der Waals surface area contributed by atoms with Crippen molar-refractivity contribution in [3.63, 3.8) is 0 Å². The molecule has 0 aliphatic carbocycles. The van der Waals surface area contributed by atoms with E-state index in [1.165, 1.54) is 17.5 Å². The zero-order chi connectivity index (χ0) is 30.7. The Labute approximate surface area is 252 Å². The average Bonchev–Trinajstić information content (AvgIpc) is 3.59. The number of halogens is 3. The van der Waals surface area contributed by atoms with Crippen LogP contribution in [0.4, 0.5) is 19.0 Å². The Morgan fingerprint density at radius 3 is 2.49 bits per heavy atom. The number of hydrogen-bond acceptors (Lipinski definition) is 9. The van der Waals surface area contributed by atoms with Gasteiger partial charge in [0.2, 0.25) is 0 Å². The molecule has 2 aromatic heterocycles. The molecule has 2 saturated heterocycles. The zero-order valence-corrected chi connectivity index (χ0v) is 25.0. The number of hydrogen-bond donors (Lipinski definition) is 1. The maximum Gasteiger partial charge on any atom is 0.416 e. The maximum atomic E-state index is 13.7. The van der Waals surface area contributed by atoms with E-state index >= 15 is 0 Å². The van der Waals surface area contributed by atoms with Crippen molar-refractivity contribution in [3.8, 4) is 11.3 Å². The molecule has 0 saturated carbocycles. The van der Waals surface area contributed by atoms with Gasteiger partial charge in [0.1, 0.15) is 16.5 Å². The van der Waals surface area contributed by atoms with Gasteiger partial charge in [0, 0.05) is 49.2 Å². The zero-order valence-electron chi connectivity index (χ0n) is 24.2. The van der Waals surface area contributed by atoms with Crippen molar-refractivity contribution in [1.29, 1.82) is 0 Å². The first-order valence-electron chi connectivity index (χ1n) is 14.5. The van der Waals surface area contributed by atoms with Crippen LogP contribution in [0, 0.1) is 6.92 Å². The summed E-state index contributed by atoms with van der Waals surface area (Å²) in [5.74, 6) is -0.520. The van der Waals surface area contributed by atoms with Crippen LogP contribution in [0.25, 0.3) is 11.3 Å². The monoisotopic (exact) mass is 616 g/mol. The van der Waals surface area contributed by atoms with Gasteiger partial charge in [-0.25, -0.2) is 15.0 Å². The van der Waals surface area contributed by atoms with Crippen LogP contribution in [0.15, 0.2) is 30.6 Å². The second-order valence-electron chi connectivity index (χ2n) is 11.2. The van der Waals surface area contributed by atoms with E-state index in [0.29, 0.717) is 66.4 Å². The summed E-state index contributed by atoms with van der Waals surface area (Å²) in [6.45, 7) is 7.65. The number of piperazine rings is 1. The minimum atomic E-state index is -4.48. The number of nitrogens with zero attached hydrogens (tertiary/aromatic N) is 6. The average molecular weight is 617 g/mol. The number of alkyl halides is 3. The standard InChI is InChI=1S/C30H35F3N6O3S/c1-3-22-5-4-6-39(22)17-25-29(20-11-19(2)12-21(13-20)30(31,32)33)36-27(43-25)14-24(40)23-15-35-26(16-34-23)38-9-7-37(8-10-38)18-28(41)42/h11-13,15-16,22H,3-10,14,17-18H2,1-2H3,(H,41,42)/t22-/m1/s1. The van der Waals surface area contributed by atoms with Crippen LogP contribution in [0.5, 0.6) is 0 Å². The second kappa shape index (κ2) is 13.1. The summed E-state index contributed by atoms with van der Waals surface area (Å²) < 4.78 is 41.0. The summed E-state index contributed by atoms with van der Waals surface area (Å²) in [4.78, 5) is 44.7. The third-order valence-corrected chi connectivity index (χ3v) is 9.07. The molecule has 9 nitrogen and oxygen atoms in total. The van der Waals surface area contributed by atoms with Gasteiger partial charge in [-0.05, 0) is 56.5 Å². The molecule has 0 bridgehead atoms. The molecule has 1 atom stereocenters. The summed E-state index contributed by atoms with van der Waals surface area (Å²) >= 11 is 1.37. The van der Waals surface area contributed by atoms with E-state index < -0.39 is 17.7 Å². The molecule has 2 aliphatic rings. The number of aryl methyl sites for hydroxylation is 1. The van der Waals surface area contributed by atoms with Crippen LogP contribution in [0.1, 0.15) is 57.7 Å². The minimum absolute atomic E-state index is 0.00225. The lowest BCUT2D eigenvalue weighted by atomic mass is 10.0. The first kappa shape index (κ1) is 31.0. The van der Waals surface area contributed by atoms with Crippen molar-refractivity contribution >= 4 is 28.9 Å². The molecule has 230 valence electrons. The van der Waals surface area contributed by atoms with Crippen molar-refractivity contribution in [3.05, 3.63) is 57.3 Å². The van der Waals surface area contributed by atoms with Gasteiger partial charge in [-0.2, -0.15) is 13.2 Å². The Balaban J connectivity index is 1.34. The molecule has 2 aliphatic heterocycles. The third-order valence-electron chi connectivity index (χ3n) is 8.03. The first-order valence-corrected chi connectivity index (χ1v) is 15.3. The fraction of sp³-hybridized carbons (Fsp3) is 0.500. The number of carbonyl (C=O) groups is 2. The van der Waals surface area contributed by atoms with Gasteiger partial charge < -0.3 is 10.0 Å². The highest BCUT2D eigenvalue weighted by Gasteiger charge is 2.32. The number of Topliss-reactive ketones (excluding diaryl/α,β-unsaturated/α-hetero) is 1. The molecular weight excluding hydrogens is 581 g/mol. The molecule has 3 aromatic rings. The number of carboxylic acid groups (broad SMARTS) is 1. The summed E-state index contributed by atoms with van der Waals surface area (Å²) in [7, 11) is 0. The highest BCUT2D eigenvalue weighted by Crippen LogP contribution is 2.37. The largest absolute Gasteiger partial charge is 0.480 e. The number of thiazole rings is 1. The van der Waals surface area contributed by atoms with E-state index in [4.69, 9.17) is 10.1 Å². The van der Waals surface area contributed by atoms with E-state index in [2.05, 4.69) is 21.8 Å². The van der Waals surface area contributed by atoms with Crippen LogP contribution in [-0.2, 0) is 23.9 Å². The van der Waals surface area contributed by atoms with E-state index in [1.807, 2.05) is 9.80 Å². The molecule has 0 radical (unpaired) electrons. The van der Waals surface area contributed by atoms with Crippen LogP contribution >= 0.6 is 11.3 Å². The van der Waals surface area contributed by atoms with Crippen LogP contribution < -0.4 is 4.90 Å². The lowest BCUT2D eigenvalue weighted by Gasteiger charge is -2.34. The van der Waals surface area contributed by atoms with Crippen molar-refractivity contribution < 1.29 is 27.9 Å². The maximum absolute atomic E-state index is 13.7. The molecule has 43 heavy (non-hydrogen) atoms. The Bertz CT molecular complexity index is 1450. The summed E-state index contributed by atoms with van der Waals surface area (Å²) in [6, 6.07) is 4.40. The number of carboxylic acids is 1. The fourth-order valence-corrected chi connectivity index (χ4v) is 6.94. The van der Waals surface area contributed by atoms with E-state index in [9.17, 15) is 22.8 Å². The van der Waals surface area contributed by atoms with E-state index in [1.54, 1.807) is 19.2 Å². The van der Waals surface area contributed by atoms with Gasteiger partial charge >= 0.3 is 12.1 Å². The lowest BCUT2D eigenvalue weighted by Crippen LogP contribution is -2.48. The highest BCUT2D eigenvalue weighted by molar-refractivity contribution is 7.12. The number of likely N-dealkylation sites (tertiary alicyclic amines) is 1. The second-order valence-corrected chi connectivity index (χ2v) is 12.3. The smallest absolute Gasteiger partial charge is 0.416 e. The molecule has 0 spiro atoms. The number of carbonyl (C=O) groups excluding carboxylic acids is 1. The SMILES string of the molecule is CC[C@@H]1CCCN1Cc1sc(CC(=O)c2cnc(N3CCN(CC(=O)O)CC3)cn2)nc1-c1cc(C)cc(C(F)(F)F)c1. The third kappa shape index (κ3) is 7.57. The Hall–Kier alpha value is -3.42. The lowest BCUT2D eigenvalue weighted by molar-refractivity contribution is -0.139. The van der Waals surface area contributed by atoms with E-state index in [0.717, 1.165) is 42.8 Å². The predicted molar refractivity (Wildman–Crippen MR) is 157 cm³/mol. The minimum Gasteiger partial charge on any atom is -0.480 e. The molecular formula is C30H35F3N6O3S. The Morgan fingerprint density at radius 2 is 1.84 bits per heavy atom. The van der Waals surface area contributed by atoms with Crippen molar-refractivity contribution in [2.75, 3.05) is 44.2 Å². The topological polar surface area (TPSA) is 103 Å². The molecule has 13 heteroatoms. The van der Waals surface area contributed by atoms with Crippen LogP contribution in [-0.4, -0.2) is 86.9 Å². The van der Waals surface area contributed by atoms with Gasteiger partial charge in [0.15, 0.2) is 5.78 Å². The normalized spacial score (nSPS) is 18.3.